The molecule has 1 heterocycles. The van der Waals surface area contributed by atoms with Crippen molar-refractivity contribution in [3.8, 4) is 5.75 Å². The Morgan fingerprint density at radius 3 is 2.36 bits per heavy atom. The topological polar surface area (TPSA) is 66.9 Å². The van der Waals surface area contributed by atoms with Gasteiger partial charge in [-0.15, -0.1) is 0 Å². The molecule has 1 aromatic carbocycles. The van der Waals surface area contributed by atoms with E-state index in [0.29, 0.717) is 38.3 Å². The molecule has 6 nitrogen and oxygen atoms in total. The zero-order chi connectivity index (χ0) is 18.0. The van der Waals surface area contributed by atoms with E-state index >= 15 is 0 Å². The molecule has 7 heteroatoms. The van der Waals surface area contributed by atoms with E-state index in [4.69, 9.17) is 4.74 Å². The van der Waals surface area contributed by atoms with Gasteiger partial charge in [0.25, 0.3) is 0 Å². The van der Waals surface area contributed by atoms with Crippen LogP contribution in [0.15, 0.2) is 29.2 Å². The highest BCUT2D eigenvalue weighted by Crippen LogP contribution is 2.31. The maximum Gasteiger partial charge on any atom is 0.243 e. The molecule has 2 fully saturated rings. The Kier molecular flexibility index (Phi) is 5.34. The Bertz CT molecular complexity index is 711. The van der Waals surface area contributed by atoms with Crippen LogP contribution in [0.4, 0.5) is 0 Å². The van der Waals surface area contributed by atoms with Gasteiger partial charge >= 0.3 is 0 Å². The minimum Gasteiger partial charge on any atom is -0.491 e. The van der Waals surface area contributed by atoms with Crippen LogP contribution in [0.1, 0.15) is 33.1 Å². The van der Waals surface area contributed by atoms with Crippen molar-refractivity contribution in [3.63, 3.8) is 0 Å². The predicted octanol–water partition coefficient (Wildman–Crippen LogP) is 2.11. The summed E-state index contributed by atoms with van der Waals surface area (Å²) in [5.41, 5.74) is 0. The van der Waals surface area contributed by atoms with Gasteiger partial charge in [-0.25, -0.2) is 8.42 Å². The molecule has 1 aromatic rings. The van der Waals surface area contributed by atoms with E-state index in [0.717, 1.165) is 12.8 Å². The molecule has 1 aliphatic heterocycles. The number of carbonyl (C=O) groups excluding carboxylic acids is 1. The number of benzene rings is 1. The quantitative estimate of drug-likeness (QED) is 0.800. The van der Waals surface area contributed by atoms with E-state index in [1.807, 2.05) is 18.7 Å². The van der Waals surface area contributed by atoms with Gasteiger partial charge in [-0.3, -0.25) is 4.79 Å². The van der Waals surface area contributed by atoms with Gasteiger partial charge in [0.15, 0.2) is 0 Å². The van der Waals surface area contributed by atoms with E-state index < -0.39 is 10.0 Å². The normalized spacial score (nSPS) is 19.7. The molecule has 2 aliphatic rings. The van der Waals surface area contributed by atoms with Gasteiger partial charge in [0.1, 0.15) is 5.75 Å². The van der Waals surface area contributed by atoms with Gasteiger partial charge in [0.05, 0.1) is 11.0 Å². The number of sulfonamides is 1. The highest BCUT2D eigenvalue weighted by molar-refractivity contribution is 7.89. The average molecular weight is 366 g/mol. The number of carbonyl (C=O) groups is 1. The van der Waals surface area contributed by atoms with Crippen LogP contribution in [0, 0.1) is 5.92 Å². The number of nitrogens with zero attached hydrogens (tertiary/aromatic N) is 2. The third kappa shape index (κ3) is 4.33. The van der Waals surface area contributed by atoms with Crippen molar-refractivity contribution in [3.05, 3.63) is 24.3 Å². The second kappa shape index (κ2) is 7.33. The van der Waals surface area contributed by atoms with Crippen LogP contribution >= 0.6 is 0 Å². The van der Waals surface area contributed by atoms with Crippen LogP contribution in [-0.4, -0.2) is 55.8 Å². The minimum absolute atomic E-state index is 0.0445. The first-order valence-electron chi connectivity index (χ1n) is 8.93. The maximum atomic E-state index is 12.9. The SMILES string of the molecule is CC(C)Oc1ccc(S(=O)(=O)N2CCCN(C(=O)C3CC3)CC2)cc1. The Balaban J connectivity index is 1.68. The number of rotatable bonds is 5. The van der Waals surface area contributed by atoms with Gasteiger partial charge in [0, 0.05) is 32.1 Å². The van der Waals surface area contributed by atoms with Crippen molar-refractivity contribution in [2.75, 3.05) is 26.2 Å². The molecular weight excluding hydrogens is 340 g/mol. The van der Waals surface area contributed by atoms with Crippen molar-refractivity contribution in [1.29, 1.82) is 0 Å². The van der Waals surface area contributed by atoms with E-state index in [2.05, 4.69) is 0 Å². The van der Waals surface area contributed by atoms with Gasteiger partial charge < -0.3 is 9.64 Å². The average Bonchev–Trinajstić information content (AvgIpc) is 3.40. The second-order valence-corrected chi connectivity index (χ2v) is 8.93. The molecule has 1 saturated heterocycles. The first kappa shape index (κ1) is 18.2. The third-order valence-electron chi connectivity index (χ3n) is 4.53. The van der Waals surface area contributed by atoms with E-state index in [1.165, 1.54) is 4.31 Å². The fraction of sp³-hybridized carbons (Fsp3) is 0.611. The summed E-state index contributed by atoms with van der Waals surface area (Å²) in [5, 5.41) is 0. The van der Waals surface area contributed by atoms with Crippen molar-refractivity contribution in [2.45, 2.75) is 44.1 Å². The zero-order valence-corrected chi connectivity index (χ0v) is 15.7. The molecule has 138 valence electrons. The molecule has 1 aliphatic carbocycles. The maximum absolute atomic E-state index is 12.9. The van der Waals surface area contributed by atoms with E-state index in [1.54, 1.807) is 24.3 Å². The molecule has 0 unspecified atom stereocenters. The fourth-order valence-corrected chi connectivity index (χ4v) is 4.52. The van der Waals surface area contributed by atoms with Crippen LogP contribution in [0.25, 0.3) is 0 Å². The van der Waals surface area contributed by atoms with Crippen LogP contribution in [0.2, 0.25) is 0 Å². The molecule has 0 bridgehead atoms. The minimum atomic E-state index is -3.54. The lowest BCUT2D eigenvalue weighted by Gasteiger charge is -2.22. The number of ether oxygens (including phenoxy) is 1. The molecule has 3 rings (SSSR count). The molecule has 25 heavy (non-hydrogen) atoms. The van der Waals surface area contributed by atoms with Crippen LogP contribution in [0.3, 0.4) is 0 Å². The number of amides is 1. The fourth-order valence-electron chi connectivity index (χ4n) is 3.05. The Morgan fingerprint density at radius 1 is 1.08 bits per heavy atom. The molecule has 0 N–H and O–H groups in total. The number of hydrogen-bond donors (Lipinski definition) is 0. The summed E-state index contributed by atoms with van der Waals surface area (Å²) < 4.78 is 32.8. The van der Waals surface area contributed by atoms with Crippen LogP contribution in [-0.2, 0) is 14.8 Å². The second-order valence-electron chi connectivity index (χ2n) is 7.00. The molecule has 0 radical (unpaired) electrons. The van der Waals surface area contributed by atoms with Crippen molar-refractivity contribution < 1.29 is 17.9 Å². The molecule has 1 saturated carbocycles. The summed E-state index contributed by atoms with van der Waals surface area (Å²) >= 11 is 0. The molecule has 0 spiro atoms. The summed E-state index contributed by atoms with van der Waals surface area (Å²) in [4.78, 5) is 14.3. The molecule has 1 amide bonds. The van der Waals surface area contributed by atoms with Crippen LogP contribution < -0.4 is 4.74 Å². The molecular formula is C18H26N2O4S. The smallest absolute Gasteiger partial charge is 0.243 e. The van der Waals surface area contributed by atoms with E-state index in [-0.39, 0.29) is 22.8 Å². The van der Waals surface area contributed by atoms with Gasteiger partial charge in [0.2, 0.25) is 15.9 Å². The Morgan fingerprint density at radius 2 is 1.76 bits per heavy atom. The Hall–Kier alpha value is -1.60. The zero-order valence-electron chi connectivity index (χ0n) is 14.8. The highest BCUT2D eigenvalue weighted by atomic mass is 32.2. The monoisotopic (exact) mass is 366 g/mol. The van der Waals surface area contributed by atoms with Crippen molar-refractivity contribution in [1.82, 2.24) is 9.21 Å². The molecule has 0 aromatic heterocycles. The van der Waals surface area contributed by atoms with Gasteiger partial charge in [-0.2, -0.15) is 4.31 Å². The van der Waals surface area contributed by atoms with E-state index in [9.17, 15) is 13.2 Å². The first-order chi connectivity index (χ1) is 11.9. The lowest BCUT2D eigenvalue weighted by Crippen LogP contribution is -2.37. The Labute approximate surface area is 149 Å². The largest absolute Gasteiger partial charge is 0.491 e. The molecule has 0 atom stereocenters. The summed E-state index contributed by atoms with van der Waals surface area (Å²) in [6.45, 7) is 5.77. The van der Waals surface area contributed by atoms with Crippen LogP contribution in [0.5, 0.6) is 5.75 Å². The lowest BCUT2D eigenvalue weighted by atomic mass is 10.3. The van der Waals surface area contributed by atoms with Gasteiger partial charge in [-0.05, 0) is 57.4 Å². The summed E-state index contributed by atoms with van der Waals surface area (Å²) in [5.74, 6) is 1.03. The number of hydrogen-bond acceptors (Lipinski definition) is 4. The van der Waals surface area contributed by atoms with Crippen molar-refractivity contribution in [2.24, 2.45) is 5.92 Å². The summed E-state index contributed by atoms with van der Waals surface area (Å²) in [6, 6.07) is 6.55. The van der Waals surface area contributed by atoms with Crippen molar-refractivity contribution >= 4 is 15.9 Å². The lowest BCUT2D eigenvalue weighted by molar-refractivity contribution is -0.132. The standard InChI is InChI=1S/C18H26N2O4S/c1-14(2)24-16-6-8-17(9-7-16)25(22,23)20-11-3-10-19(12-13-20)18(21)15-4-5-15/h6-9,14-15H,3-5,10-13H2,1-2H3. The van der Waals surface area contributed by atoms with Gasteiger partial charge in [-0.1, -0.05) is 0 Å². The first-order valence-corrected chi connectivity index (χ1v) is 10.4. The summed E-state index contributed by atoms with van der Waals surface area (Å²) in [6.07, 6.45) is 2.67. The summed E-state index contributed by atoms with van der Waals surface area (Å²) in [7, 11) is -3.54. The third-order valence-corrected chi connectivity index (χ3v) is 6.44. The predicted molar refractivity (Wildman–Crippen MR) is 94.9 cm³/mol. The highest BCUT2D eigenvalue weighted by Gasteiger charge is 2.35.